The maximum absolute atomic E-state index is 11.8. The van der Waals surface area contributed by atoms with E-state index in [1.54, 1.807) is 12.1 Å². The van der Waals surface area contributed by atoms with E-state index in [0.717, 1.165) is 18.4 Å². The van der Waals surface area contributed by atoms with Crippen molar-refractivity contribution in [2.75, 3.05) is 5.73 Å². The van der Waals surface area contributed by atoms with Gasteiger partial charge in [-0.3, -0.25) is 0 Å². The van der Waals surface area contributed by atoms with Gasteiger partial charge in [0.15, 0.2) is 0 Å². The molecule has 2 rings (SSSR count). The van der Waals surface area contributed by atoms with Gasteiger partial charge in [-0.15, -0.1) is 0 Å². The molecule has 0 aromatic heterocycles. The Morgan fingerprint density at radius 2 is 2.07 bits per heavy atom. The highest BCUT2D eigenvalue weighted by molar-refractivity contribution is 7.89. The molecule has 0 unspecified atom stereocenters. The average molecular weight is 226 g/mol. The molecule has 0 radical (unpaired) electrons. The number of aryl methyl sites for hydroxylation is 1. The summed E-state index contributed by atoms with van der Waals surface area (Å²) in [5.41, 5.74) is 7.07. The Morgan fingerprint density at radius 1 is 1.40 bits per heavy atom. The van der Waals surface area contributed by atoms with E-state index in [0.29, 0.717) is 5.69 Å². The van der Waals surface area contributed by atoms with Gasteiger partial charge < -0.3 is 5.73 Å². The molecule has 0 atom stereocenters. The minimum atomic E-state index is -3.37. The maximum atomic E-state index is 11.8. The molecule has 1 saturated carbocycles. The summed E-state index contributed by atoms with van der Waals surface area (Å²) in [7, 11) is -3.37. The molecular weight excluding hydrogens is 212 g/mol. The molecule has 0 amide bonds. The first kappa shape index (κ1) is 10.4. The van der Waals surface area contributed by atoms with Gasteiger partial charge in [0.05, 0.1) is 4.90 Å². The number of hydrogen-bond acceptors (Lipinski definition) is 3. The second-order valence-electron chi connectivity index (χ2n) is 3.91. The van der Waals surface area contributed by atoms with Crippen molar-refractivity contribution in [2.45, 2.75) is 30.7 Å². The molecule has 0 spiro atoms. The van der Waals surface area contributed by atoms with Crippen molar-refractivity contribution in [3.05, 3.63) is 23.8 Å². The van der Waals surface area contributed by atoms with Gasteiger partial charge in [-0.1, -0.05) is 6.07 Å². The van der Waals surface area contributed by atoms with Crippen LogP contribution >= 0.6 is 0 Å². The third-order valence-electron chi connectivity index (χ3n) is 2.46. The summed E-state index contributed by atoms with van der Waals surface area (Å²) in [6.45, 7) is 1.85. The molecule has 5 heteroatoms. The Morgan fingerprint density at radius 3 is 2.60 bits per heavy atom. The molecule has 0 aliphatic heterocycles. The van der Waals surface area contributed by atoms with Gasteiger partial charge >= 0.3 is 0 Å². The second kappa shape index (κ2) is 3.50. The summed E-state index contributed by atoms with van der Waals surface area (Å²) in [5, 5.41) is 0. The summed E-state index contributed by atoms with van der Waals surface area (Å²) < 4.78 is 26.2. The van der Waals surface area contributed by atoms with Gasteiger partial charge in [0.1, 0.15) is 0 Å². The monoisotopic (exact) mass is 226 g/mol. The molecule has 1 aromatic carbocycles. The van der Waals surface area contributed by atoms with Gasteiger partial charge in [0.25, 0.3) is 0 Å². The lowest BCUT2D eigenvalue weighted by Gasteiger charge is -2.07. The predicted octanol–water partition coefficient (Wildman–Crippen LogP) is 1.02. The zero-order chi connectivity index (χ0) is 11.1. The molecule has 0 saturated heterocycles. The molecule has 1 aliphatic carbocycles. The van der Waals surface area contributed by atoms with Crippen molar-refractivity contribution in [2.24, 2.45) is 0 Å². The molecule has 0 heterocycles. The van der Waals surface area contributed by atoms with Crippen LogP contribution < -0.4 is 10.5 Å². The van der Waals surface area contributed by atoms with Gasteiger partial charge in [-0.25, -0.2) is 13.1 Å². The Hall–Kier alpha value is -1.07. The minimum Gasteiger partial charge on any atom is -0.398 e. The fourth-order valence-electron chi connectivity index (χ4n) is 1.27. The average Bonchev–Trinajstić information content (AvgIpc) is 2.92. The second-order valence-corrected chi connectivity index (χ2v) is 5.63. The zero-order valence-corrected chi connectivity index (χ0v) is 9.34. The molecular formula is C10H14N2O2S. The van der Waals surface area contributed by atoms with Crippen molar-refractivity contribution in [1.82, 2.24) is 4.72 Å². The molecule has 1 fully saturated rings. The number of benzene rings is 1. The van der Waals surface area contributed by atoms with E-state index in [-0.39, 0.29) is 10.9 Å². The largest absolute Gasteiger partial charge is 0.398 e. The summed E-state index contributed by atoms with van der Waals surface area (Å²) in [6, 6.07) is 4.92. The van der Waals surface area contributed by atoms with E-state index in [4.69, 9.17) is 5.73 Å². The lowest BCUT2D eigenvalue weighted by atomic mass is 10.2. The third-order valence-corrected chi connectivity index (χ3v) is 3.98. The third kappa shape index (κ3) is 2.30. The van der Waals surface area contributed by atoms with Crippen molar-refractivity contribution in [3.63, 3.8) is 0 Å². The summed E-state index contributed by atoms with van der Waals surface area (Å²) in [5.74, 6) is 0. The standard InChI is InChI=1S/C10H14N2O2S/c1-7-2-5-9(6-10(7)11)15(13,14)12-8-3-4-8/h2,5-6,8,12H,3-4,11H2,1H3. The summed E-state index contributed by atoms with van der Waals surface area (Å²) in [4.78, 5) is 0.248. The topological polar surface area (TPSA) is 72.2 Å². The Kier molecular flexibility index (Phi) is 2.44. The highest BCUT2D eigenvalue weighted by Crippen LogP contribution is 2.23. The van der Waals surface area contributed by atoms with E-state index in [1.807, 2.05) is 6.92 Å². The first-order valence-electron chi connectivity index (χ1n) is 4.87. The maximum Gasteiger partial charge on any atom is 0.240 e. The normalized spacial score (nSPS) is 16.6. The van der Waals surface area contributed by atoms with E-state index < -0.39 is 10.0 Å². The van der Waals surface area contributed by atoms with Crippen molar-refractivity contribution < 1.29 is 8.42 Å². The summed E-state index contributed by atoms with van der Waals surface area (Å²) in [6.07, 6.45) is 1.86. The SMILES string of the molecule is Cc1ccc(S(=O)(=O)NC2CC2)cc1N. The number of anilines is 1. The van der Waals surface area contributed by atoms with E-state index in [2.05, 4.69) is 4.72 Å². The number of rotatable bonds is 3. The number of hydrogen-bond donors (Lipinski definition) is 2. The highest BCUT2D eigenvalue weighted by atomic mass is 32.2. The number of nitrogens with one attached hydrogen (secondary N) is 1. The zero-order valence-electron chi connectivity index (χ0n) is 8.53. The Labute approximate surface area is 89.5 Å². The summed E-state index contributed by atoms with van der Waals surface area (Å²) >= 11 is 0. The van der Waals surface area contributed by atoms with Crippen LogP contribution in [0, 0.1) is 6.92 Å². The first-order chi connectivity index (χ1) is 6.99. The quantitative estimate of drug-likeness (QED) is 0.756. The lowest BCUT2D eigenvalue weighted by molar-refractivity contribution is 0.581. The smallest absolute Gasteiger partial charge is 0.240 e. The molecule has 82 valence electrons. The van der Waals surface area contributed by atoms with E-state index in [1.165, 1.54) is 6.07 Å². The van der Waals surface area contributed by atoms with Crippen molar-refractivity contribution >= 4 is 15.7 Å². The van der Waals surface area contributed by atoms with Crippen LogP contribution in [0.15, 0.2) is 23.1 Å². The molecule has 15 heavy (non-hydrogen) atoms. The van der Waals surface area contributed by atoms with Crippen LogP contribution in [-0.4, -0.2) is 14.5 Å². The molecule has 1 aliphatic rings. The van der Waals surface area contributed by atoms with Crippen LogP contribution in [0.5, 0.6) is 0 Å². The van der Waals surface area contributed by atoms with E-state index in [9.17, 15) is 8.42 Å². The highest BCUT2D eigenvalue weighted by Gasteiger charge is 2.27. The van der Waals surface area contributed by atoms with Gasteiger partial charge in [-0.2, -0.15) is 0 Å². The van der Waals surface area contributed by atoms with Gasteiger partial charge in [0.2, 0.25) is 10.0 Å². The predicted molar refractivity (Wildman–Crippen MR) is 58.9 cm³/mol. The fourth-order valence-corrected chi connectivity index (χ4v) is 2.61. The number of nitrogens with two attached hydrogens (primary N) is 1. The first-order valence-corrected chi connectivity index (χ1v) is 6.36. The molecule has 0 bridgehead atoms. The van der Waals surface area contributed by atoms with Crippen LogP contribution in [-0.2, 0) is 10.0 Å². The van der Waals surface area contributed by atoms with Crippen LogP contribution in [0.3, 0.4) is 0 Å². The fraction of sp³-hybridized carbons (Fsp3) is 0.400. The van der Waals surface area contributed by atoms with Crippen LogP contribution in [0.25, 0.3) is 0 Å². The van der Waals surface area contributed by atoms with Gasteiger partial charge in [-0.05, 0) is 37.5 Å². The van der Waals surface area contributed by atoms with Crippen molar-refractivity contribution in [3.8, 4) is 0 Å². The van der Waals surface area contributed by atoms with Gasteiger partial charge in [0, 0.05) is 11.7 Å². The molecule has 3 N–H and O–H groups in total. The van der Waals surface area contributed by atoms with Crippen LogP contribution in [0.4, 0.5) is 5.69 Å². The molecule has 4 nitrogen and oxygen atoms in total. The van der Waals surface area contributed by atoms with E-state index >= 15 is 0 Å². The lowest BCUT2D eigenvalue weighted by Crippen LogP contribution is -2.25. The number of sulfonamides is 1. The number of nitrogen functional groups attached to an aromatic ring is 1. The molecule has 1 aromatic rings. The van der Waals surface area contributed by atoms with Crippen molar-refractivity contribution in [1.29, 1.82) is 0 Å². The van der Waals surface area contributed by atoms with Crippen LogP contribution in [0.1, 0.15) is 18.4 Å². The van der Waals surface area contributed by atoms with Crippen LogP contribution in [0.2, 0.25) is 0 Å². The minimum absolute atomic E-state index is 0.123. The Bertz CT molecular complexity index is 478. The Balaban J connectivity index is 2.31.